The fourth-order valence-electron chi connectivity index (χ4n) is 3.18. The van der Waals surface area contributed by atoms with Gasteiger partial charge in [-0.05, 0) is 24.3 Å². The molecule has 4 atom stereocenters. The van der Waals surface area contributed by atoms with E-state index in [2.05, 4.69) is 0 Å². The molecule has 2 aromatic carbocycles. The molecule has 3 unspecified atom stereocenters. The monoisotopic (exact) mass is 356 g/mol. The Morgan fingerprint density at radius 1 is 1.00 bits per heavy atom. The lowest BCUT2D eigenvalue weighted by Gasteiger charge is -2.21. The third-order valence-corrected chi connectivity index (χ3v) is 4.64. The fourth-order valence-corrected chi connectivity index (χ4v) is 3.18. The number of alkyl halides is 1. The van der Waals surface area contributed by atoms with Crippen LogP contribution in [0, 0.1) is 5.92 Å². The summed E-state index contributed by atoms with van der Waals surface area (Å²) in [4.78, 5) is 24.3. The largest absolute Gasteiger partial charge is 0.459 e. The van der Waals surface area contributed by atoms with E-state index in [1.807, 2.05) is 0 Å². The standard InChI is InChI=1S/C20H17FO5/c21-20-11-15(20)17(25-19(23)14-9-5-2-6-10-14)16(26-20)12-24-18(22)13-7-3-1-4-8-13/h1-10,15-17H,11-12H2/t15?,16-,17?,20?/m1/s1. The zero-order valence-corrected chi connectivity index (χ0v) is 13.8. The summed E-state index contributed by atoms with van der Waals surface area (Å²) in [5, 5.41) is 0. The smallest absolute Gasteiger partial charge is 0.338 e. The van der Waals surface area contributed by atoms with E-state index in [1.54, 1.807) is 60.7 Å². The number of hydrogen-bond donors (Lipinski definition) is 0. The van der Waals surface area contributed by atoms with Crippen LogP contribution in [0.2, 0.25) is 0 Å². The number of rotatable bonds is 5. The molecule has 1 aliphatic carbocycles. The van der Waals surface area contributed by atoms with E-state index in [1.165, 1.54) is 0 Å². The molecular formula is C20H17FO5. The minimum absolute atomic E-state index is 0.178. The van der Waals surface area contributed by atoms with Gasteiger partial charge in [0.2, 0.25) is 5.85 Å². The van der Waals surface area contributed by atoms with E-state index in [-0.39, 0.29) is 13.0 Å². The Bertz CT molecular complexity index is 809. The Morgan fingerprint density at radius 3 is 2.19 bits per heavy atom. The van der Waals surface area contributed by atoms with Crippen molar-refractivity contribution in [2.75, 3.05) is 6.61 Å². The van der Waals surface area contributed by atoms with Crippen molar-refractivity contribution >= 4 is 11.9 Å². The SMILES string of the molecule is O=C(OC[C@H]1OC2(F)CC2C1OC(=O)c1ccccc1)c1ccccc1. The quantitative estimate of drug-likeness (QED) is 0.770. The number of carbonyl (C=O) groups is 2. The summed E-state index contributed by atoms with van der Waals surface area (Å²) in [5.74, 6) is -3.38. The molecule has 1 heterocycles. The van der Waals surface area contributed by atoms with Gasteiger partial charge in [-0.15, -0.1) is 0 Å². The molecule has 0 N–H and O–H groups in total. The Labute approximate surface area is 149 Å². The van der Waals surface area contributed by atoms with Crippen molar-refractivity contribution in [3.05, 3.63) is 71.8 Å². The van der Waals surface area contributed by atoms with Crippen LogP contribution in [-0.4, -0.2) is 36.6 Å². The van der Waals surface area contributed by atoms with E-state index in [9.17, 15) is 14.0 Å². The van der Waals surface area contributed by atoms with Gasteiger partial charge in [0.25, 0.3) is 0 Å². The van der Waals surface area contributed by atoms with E-state index >= 15 is 0 Å². The van der Waals surface area contributed by atoms with Crippen LogP contribution >= 0.6 is 0 Å². The minimum Gasteiger partial charge on any atom is -0.459 e. The highest BCUT2D eigenvalue weighted by molar-refractivity contribution is 5.90. The molecule has 4 rings (SSSR count). The van der Waals surface area contributed by atoms with Crippen LogP contribution in [0.3, 0.4) is 0 Å². The first kappa shape index (κ1) is 16.7. The second-order valence-electron chi connectivity index (χ2n) is 6.45. The molecule has 0 aromatic heterocycles. The third kappa shape index (κ3) is 3.20. The molecule has 2 fully saturated rings. The average molecular weight is 356 g/mol. The van der Waals surface area contributed by atoms with Gasteiger partial charge in [-0.25, -0.2) is 14.0 Å². The molecule has 1 aliphatic heterocycles. The highest BCUT2D eigenvalue weighted by Crippen LogP contribution is 2.58. The molecule has 5 nitrogen and oxygen atoms in total. The molecule has 2 aliphatic rings. The molecule has 0 bridgehead atoms. The van der Waals surface area contributed by atoms with Gasteiger partial charge in [0.15, 0.2) is 0 Å². The number of ether oxygens (including phenoxy) is 3. The van der Waals surface area contributed by atoms with E-state index < -0.39 is 35.9 Å². The van der Waals surface area contributed by atoms with Crippen LogP contribution in [0.4, 0.5) is 4.39 Å². The molecule has 6 heteroatoms. The summed E-state index contributed by atoms with van der Waals surface area (Å²) < 4.78 is 30.4. The molecule has 26 heavy (non-hydrogen) atoms. The van der Waals surface area contributed by atoms with E-state index in [0.29, 0.717) is 11.1 Å². The van der Waals surface area contributed by atoms with Gasteiger partial charge in [-0.1, -0.05) is 36.4 Å². The third-order valence-electron chi connectivity index (χ3n) is 4.64. The first-order valence-electron chi connectivity index (χ1n) is 8.42. The topological polar surface area (TPSA) is 61.8 Å². The van der Waals surface area contributed by atoms with Crippen LogP contribution in [0.5, 0.6) is 0 Å². The number of carbonyl (C=O) groups excluding carboxylic acids is 2. The van der Waals surface area contributed by atoms with Gasteiger partial charge in [-0.3, -0.25) is 0 Å². The molecule has 1 saturated heterocycles. The predicted octanol–water partition coefficient (Wildman–Crippen LogP) is 3.15. The first-order chi connectivity index (χ1) is 12.6. The summed E-state index contributed by atoms with van der Waals surface area (Å²) in [6.07, 6.45) is -1.42. The van der Waals surface area contributed by atoms with Crippen molar-refractivity contribution in [1.82, 2.24) is 0 Å². The maximum Gasteiger partial charge on any atom is 0.338 e. The highest BCUT2D eigenvalue weighted by atomic mass is 19.2. The van der Waals surface area contributed by atoms with Crippen LogP contribution in [-0.2, 0) is 14.2 Å². The molecule has 2 aromatic rings. The van der Waals surface area contributed by atoms with Gasteiger partial charge >= 0.3 is 11.9 Å². The van der Waals surface area contributed by atoms with Crippen LogP contribution in [0.15, 0.2) is 60.7 Å². The molecule has 0 radical (unpaired) electrons. The average Bonchev–Trinajstić information content (AvgIpc) is 3.27. The normalized spacial score (nSPS) is 28.9. The number of benzene rings is 2. The number of halogens is 1. The van der Waals surface area contributed by atoms with Gasteiger partial charge in [-0.2, -0.15) is 0 Å². The van der Waals surface area contributed by atoms with Crippen molar-refractivity contribution in [1.29, 1.82) is 0 Å². The zero-order chi connectivity index (χ0) is 18.1. The maximum atomic E-state index is 14.3. The lowest BCUT2D eigenvalue weighted by molar-refractivity contribution is -0.113. The van der Waals surface area contributed by atoms with Gasteiger partial charge in [0.05, 0.1) is 17.0 Å². The summed E-state index contributed by atoms with van der Waals surface area (Å²) in [6.45, 7) is -0.178. The maximum absolute atomic E-state index is 14.3. The molecule has 0 spiro atoms. The Kier molecular flexibility index (Phi) is 4.20. The number of fused-ring (bicyclic) bond motifs is 1. The summed E-state index contributed by atoms with van der Waals surface area (Å²) in [5.41, 5.74) is 0.771. The zero-order valence-electron chi connectivity index (χ0n) is 13.8. The second-order valence-corrected chi connectivity index (χ2v) is 6.45. The molecular weight excluding hydrogens is 339 g/mol. The van der Waals surface area contributed by atoms with E-state index in [4.69, 9.17) is 14.2 Å². The van der Waals surface area contributed by atoms with Gasteiger partial charge in [0.1, 0.15) is 18.8 Å². The minimum atomic E-state index is -1.79. The second kappa shape index (κ2) is 6.53. The van der Waals surface area contributed by atoms with Crippen molar-refractivity contribution in [2.24, 2.45) is 5.92 Å². The van der Waals surface area contributed by atoms with Crippen molar-refractivity contribution in [2.45, 2.75) is 24.5 Å². The Balaban J connectivity index is 1.40. The first-order valence-corrected chi connectivity index (χ1v) is 8.42. The van der Waals surface area contributed by atoms with Crippen molar-refractivity contribution < 1.29 is 28.2 Å². The van der Waals surface area contributed by atoms with Crippen molar-refractivity contribution in [3.8, 4) is 0 Å². The lowest BCUT2D eigenvalue weighted by atomic mass is 10.1. The summed E-state index contributed by atoms with van der Waals surface area (Å²) >= 11 is 0. The molecule has 134 valence electrons. The number of hydrogen-bond acceptors (Lipinski definition) is 5. The molecule has 1 saturated carbocycles. The Hall–Kier alpha value is -2.73. The molecule has 0 amide bonds. The summed E-state index contributed by atoms with van der Waals surface area (Å²) in [7, 11) is 0. The Morgan fingerprint density at radius 2 is 1.58 bits per heavy atom. The van der Waals surface area contributed by atoms with Crippen molar-refractivity contribution in [3.63, 3.8) is 0 Å². The van der Waals surface area contributed by atoms with Crippen LogP contribution < -0.4 is 0 Å². The number of esters is 2. The van der Waals surface area contributed by atoms with Crippen LogP contribution in [0.25, 0.3) is 0 Å². The van der Waals surface area contributed by atoms with E-state index in [0.717, 1.165) is 0 Å². The predicted molar refractivity (Wildman–Crippen MR) is 89.2 cm³/mol. The van der Waals surface area contributed by atoms with Crippen LogP contribution in [0.1, 0.15) is 27.1 Å². The van der Waals surface area contributed by atoms with Gasteiger partial charge in [0, 0.05) is 6.42 Å². The van der Waals surface area contributed by atoms with Gasteiger partial charge < -0.3 is 14.2 Å². The summed E-state index contributed by atoms with van der Waals surface area (Å²) in [6, 6.07) is 17.0. The lowest BCUT2D eigenvalue weighted by Crippen LogP contribution is -2.35. The highest BCUT2D eigenvalue weighted by Gasteiger charge is 2.70. The fraction of sp³-hybridized carbons (Fsp3) is 0.300.